The lowest BCUT2D eigenvalue weighted by Crippen LogP contribution is -2.26. The van der Waals surface area contributed by atoms with E-state index in [0.29, 0.717) is 85.5 Å². The first-order valence-corrected chi connectivity index (χ1v) is 13.8. The van der Waals surface area contributed by atoms with Crippen LogP contribution in [-0.4, -0.2) is 121 Å². The molecule has 12 nitrogen and oxygen atoms in total. The second kappa shape index (κ2) is 25.6. The number of carbonyl (C=O) groups excluding carboxylic acids is 1. The lowest BCUT2D eigenvalue weighted by Gasteiger charge is -2.14. The molecule has 1 unspecified atom stereocenters. The molecule has 0 radical (unpaired) electrons. The largest absolute Gasteiger partial charge is 0.507 e. The van der Waals surface area contributed by atoms with Gasteiger partial charge in [-0.05, 0) is 25.0 Å². The van der Waals surface area contributed by atoms with E-state index >= 15 is 0 Å². The lowest BCUT2D eigenvalue weighted by molar-refractivity contribution is -0.152. The first-order chi connectivity index (χ1) is 19.6. The summed E-state index contributed by atoms with van der Waals surface area (Å²) in [6, 6.07) is 6.39. The summed E-state index contributed by atoms with van der Waals surface area (Å²) in [5.74, 6) is -1.35. The minimum absolute atomic E-state index is 0.0470. The molecule has 1 atom stereocenters. The highest BCUT2D eigenvalue weighted by Crippen LogP contribution is 2.15. The Morgan fingerprint density at radius 3 is 1.75 bits per heavy atom. The molecule has 0 heterocycles. The number of aromatic hydroxyl groups is 1. The highest BCUT2D eigenvalue weighted by molar-refractivity contribution is 5.96. The number of nitrogens with one attached hydrogen (secondary N) is 1. The fourth-order valence-electron chi connectivity index (χ4n) is 3.42. The van der Waals surface area contributed by atoms with Gasteiger partial charge in [0, 0.05) is 13.7 Å². The van der Waals surface area contributed by atoms with Gasteiger partial charge in [-0.1, -0.05) is 31.4 Å². The highest BCUT2D eigenvalue weighted by Gasteiger charge is 2.17. The zero-order valence-electron chi connectivity index (χ0n) is 23.7. The van der Waals surface area contributed by atoms with Gasteiger partial charge in [0.15, 0.2) is 6.10 Å². The molecule has 3 N–H and O–H groups in total. The molecule has 0 spiro atoms. The fraction of sp³-hybridized carbons (Fsp3) is 0.714. The van der Waals surface area contributed by atoms with Crippen molar-refractivity contribution >= 4 is 11.9 Å². The van der Waals surface area contributed by atoms with E-state index in [1.807, 2.05) is 0 Å². The van der Waals surface area contributed by atoms with Crippen molar-refractivity contribution < 1.29 is 53.0 Å². The van der Waals surface area contributed by atoms with Gasteiger partial charge in [0.25, 0.3) is 5.91 Å². The normalized spacial score (nSPS) is 11.9. The van der Waals surface area contributed by atoms with Crippen molar-refractivity contribution in [3.05, 3.63) is 29.8 Å². The maximum atomic E-state index is 12.0. The standard InChI is InChI=1S/C28H47NO11/c1-34-12-13-35-14-15-36-16-17-37-18-19-38-20-21-39-22-23-40-26(28(32)33)10-4-2-3-7-11-29-27(31)24-8-5-6-9-25(24)30/h5-6,8-9,26,30H,2-4,7,10-23H2,1H3,(H,29,31)(H,32,33). The third-order valence-corrected chi connectivity index (χ3v) is 5.57. The zero-order valence-corrected chi connectivity index (χ0v) is 23.7. The average molecular weight is 574 g/mol. The molecule has 12 heteroatoms. The van der Waals surface area contributed by atoms with Crippen LogP contribution in [-0.2, 0) is 38.0 Å². The molecule has 1 aromatic rings. The van der Waals surface area contributed by atoms with Gasteiger partial charge in [0.1, 0.15) is 5.75 Å². The Morgan fingerprint density at radius 1 is 0.725 bits per heavy atom. The molecule has 1 aromatic carbocycles. The van der Waals surface area contributed by atoms with Crippen LogP contribution in [0.25, 0.3) is 0 Å². The van der Waals surface area contributed by atoms with Crippen LogP contribution in [0.1, 0.15) is 42.5 Å². The molecule has 0 aliphatic heterocycles. The van der Waals surface area contributed by atoms with Crippen LogP contribution in [0.3, 0.4) is 0 Å². The average Bonchev–Trinajstić information content (AvgIpc) is 2.94. The summed E-state index contributed by atoms with van der Waals surface area (Å²) < 4.78 is 37.2. The number of phenols is 1. The first-order valence-electron chi connectivity index (χ1n) is 13.8. The molecular weight excluding hydrogens is 526 g/mol. The number of benzene rings is 1. The number of hydrogen-bond acceptors (Lipinski definition) is 10. The van der Waals surface area contributed by atoms with Crippen LogP contribution in [0.15, 0.2) is 24.3 Å². The van der Waals surface area contributed by atoms with E-state index in [1.165, 1.54) is 6.07 Å². The van der Waals surface area contributed by atoms with Gasteiger partial charge < -0.3 is 48.7 Å². The summed E-state index contributed by atoms with van der Waals surface area (Å²) in [7, 11) is 1.63. The minimum atomic E-state index is -0.987. The smallest absolute Gasteiger partial charge is 0.332 e. The van der Waals surface area contributed by atoms with Crippen molar-refractivity contribution in [2.24, 2.45) is 0 Å². The van der Waals surface area contributed by atoms with Gasteiger partial charge >= 0.3 is 5.97 Å². The highest BCUT2D eigenvalue weighted by atomic mass is 16.6. The van der Waals surface area contributed by atoms with Crippen molar-refractivity contribution in [1.29, 1.82) is 0 Å². The van der Waals surface area contributed by atoms with Crippen molar-refractivity contribution in [2.75, 3.05) is 92.9 Å². The number of carbonyl (C=O) groups is 2. The van der Waals surface area contributed by atoms with E-state index in [0.717, 1.165) is 19.3 Å². The van der Waals surface area contributed by atoms with Gasteiger partial charge in [-0.25, -0.2) is 4.79 Å². The van der Waals surface area contributed by atoms with E-state index in [9.17, 15) is 19.8 Å². The SMILES string of the molecule is COCCOCCOCCOCCOCCOCCOC(CCCCCCNC(=O)c1ccccc1O)C(=O)O. The van der Waals surface area contributed by atoms with Gasteiger partial charge in [-0.15, -0.1) is 0 Å². The number of amides is 1. The predicted octanol–water partition coefficient (Wildman–Crippen LogP) is 2.27. The molecule has 230 valence electrons. The summed E-state index contributed by atoms with van der Waals surface area (Å²) in [6.07, 6.45) is 2.69. The Balaban J connectivity index is 1.89. The molecular formula is C28H47NO11. The van der Waals surface area contributed by atoms with Crippen molar-refractivity contribution in [2.45, 2.75) is 38.2 Å². The van der Waals surface area contributed by atoms with E-state index in [4.69, 9.17) is 33.2 Å². The maximum absolute atomic E-state index is 12.0. The summed E-state index contributed by atoms with van der Waals surface area (Å²) in [5, 5.41) is 21.8. The first kappa shape index (κ1) is 35.7. The Hall–Kier alpha value is -2.32. The summed E-state index contributed by atoms with van der Waals surface area (Å²) in [5.41, 5.74) is 0.250. The molecule has 1 rings (SSSR count). The van der Waals surface area contributed by atoms with Gasteiger partial charge in [0.2, 0.25) is 0 Å². The number of rotatable bonds is 28. The second-order valence-corrected chi connectivity index (χ2v) is 8.73. The van der Waals surface area contributed by atoms with Gasteiger partial charge in [-0.2, -0.15) is 0 Å². The number of phenolic OH excluding ortho intramolecular Hbond substituents is 1. The topological polar surface area (TPSA) is 151 Å². The minimum Gasteiger partial charge on any atom is -0.507 e. The van der Waals surface area contributed by atoms with Crippen LogP contribution < -0.4 is 5.32 Å². The third kappa shape index (κ3) is 19.7. The number of carboxylic acid groups (broad SMARTS) is 1. The molecule has 1 amide bonds. The molecule has 0 aliphatic rings. The lowest BCUT2D eigenvalue weighted by atomic mass is 10.1. The van der Waals surface area contributed by atoms with E-state index < -0.39 is 12.1 Å². The van der Waals surface area contributed by atoms with Crippen molar-refractivity contribution in [3.63, 3.8) is 0 Å². The van der Waals surface area contributed by atoms with Gasteiger partial charge in [0.05, 0.1) is 84.8 Å². The van der Waals surface area contributed by atoms with Crippen LogP contribution in [0.4, 0.5) is 0 Å². The molecule has 0 aliphatic carbocycles. The number of methoxy groups -OCH3 is 1. The maximum Gasteiger partial charge on any atom is 0.332 e. The molecule has 0 bridgehead atoms. The molecule has 40 heavy (non-hydrogen) atoms. The Bertz CT molecular complexity index is 766. The second-order valence-electron chi connectivity index (χ2n) is 8.73. The molecule has 0 saturated heterocycles. The summed E-state index contributed by atoms with van der Waals surface area (Å²) >= 11 is 0. The predicted molar refractivity (Wildman–Crippen MR) is 147 cm³/mol. The van der Waals surface area contributed by atoms with E-state index in [1.54, 1.807) is 25.3 Å². The Morgan fingerprint density at radius 2 is 1.23 bits per heavy atom. The number of para-hydroxylation sites is 1. The van der Waals surface area contributed by atoms with E-state index in [-0.39, 0.29) is 30.4 Å². The molecule has 0 aromatic heterocycles. The third-order valence-electron chi connectivity index (χ3n) is 5.57. The quantitative estimate of drug-likeness (QED) is 0.127. The number of hydrogen-bond donors (Lipinski definition) is 3. The number of aliphatic carboxylic acids is 1. The van der Waals surface area contributed by atoms with Crippen molar-refractivity contribution in [3.8, 4) is 5.75 Å². The Labute approximate surface area is 237 Å². The number of ether oxygens (including phenoxy) is 7. The molecule has 0 saturated carbocycles. The number of unbranched alkanes of at least 4 members (excludes halogenated alkanes) is 3. The van der Waals surface area contributed by atoms with Crippen LogP contribution in [0.5, 0.6) is 5.75 Å². The van der Waals surface area contributed by atoms with Crippen LogP contribution in [0.2, 0.25) is 0 Å². The monoisotopic (exact) mass is 573 g/mol. The Kier molecular flexibility index (Phi) is 22.9. The number of carboxylic acids is 1. The summed E-state index contributed by atoms with van der Waals surface area (Å²) in [6.45, 7) is 5.83. The van der Waals surface area contributed by atoms with Crippen molar-refractivity contribution in [1.82, 2.24) is 5.32 Å². The van der Waals surface area contributed by atoms with Crippen LogP contribution in [0, 0.1) is 0 Å². The fourth-order valence-corrected chi connectivity index (χ4v) is 3.42. The van der Waals surface area contributed by atoms with E-state index in [2.05, 4.69) is 5.32 Å². The van der Waals surface area contributed by atoms with Gasteiger partial charge in [-0.3, -0.25) is 4.79 Å². The zero-order chi connectivity index (χ0) is 29.1. The molecule has 0 fully saturated rings. The summed E-state index contributed by atoms with van der Waals surface area (Å²) in [4.78, 5) is 23.5. The van der Waals surface area contributed by atoms with Crippen LogP contribution >= 0.6 is 0 Å².